The molecule has 0 saturated carbocycles. The van der Waals surface area contributed by atoms with E-state index in [2.05, 4.69) is 20.9 Å². The fraction of sp³-hybridized carbons (Fsp3) is 0.600. The van der Waals surface area contributed by atoms with Crippen molar-refractivity contribution in [3.8, 4) is 0 Å². The third kappa shape index (κ3) is 8.10. The van der Waals surface area contributed by atoms with Crippen LogP contribution < -0.4 is 16.0 Å². The molecule has 1 atom stereocenters. The molecule has 2 aliphatic rings. The summed E-state index contributed by atoms with van der Waals surface area (Å²) in [4.78, 5) is 26.7. The Kier molecular flexibility index (Phi) is 11.5. The summed E-state index contributed by atoms with van der Waals surface area (Å²) >= 11 is 0. The number of ether oxygens (including phenoxy) is 1. The standard InChI is InChI=1S/C20H30N4O3.2ClH/c1-15(17-13-21-14-17)20(26)22-12-16-3-2-4-18(11-16)23-19(25)5-6-24-7-9-27-10-8-24;;/h2-4,11,15,17,21H,5-10,12-14H2,1H3,(H,22,26)(H,23,25);2*1H. The summed E-state index contributed by atoms with van der Waals surface area (Å²) in [5, 5.41) is 9.15. The number of morpholine rings is 1. The van der Waals surface area contributed by atoms with Gasteiger partial charge in [-0.3, -0.25) is 14.5 Å². The Hall–Kier alpha value is -1.38. The molecule has 2 amide bonds. The van der Waals surface area contributed by atoms with Crippen LogP contribution in [-0.2, 0) is 20.9 Å². The number of rotatable bonds is 8. The first-order valence-corrected chi connectivity index (χ1v) is 9.79. The number of hydrogen-bond acceptors (Lipinski definition) is 5. The Balaban J connectivity index is 0.00000210. The lowest BCUT2D eigenvalue weighted by molar-refractivity contribution is -0.126. The number of benzene rings is 1. The van der Waals surface area contributed by atoms with Gasteiger partial charge in [0.15, 0.2) is 0 Å². The van der Waals surface area contributed by atoms with Crippen molar-refractivity contribution < 1.29 is 14.3 Å². The van der Waals surface area contributed by atoms with E-state index in [-0.39, 0.29) is 42.5 Å². The van der Waals surface area contributed by atoms with E-state index in [1.54, 1.807) is 0 Å². The number of nitrogens with zero attached hydrogens (tertiary/aromatic N) is 1. The summed E-state index contributed by atoms with van der Waals surface area (Å²) in [5.74, 6) is 0.548. The van der Waals surface area contributed by atoms with Crippen LogP contribution in [0, 0.1) is 11.8 Å². The Bertz CT molecular complexity index is 652. The Morgan fingerprint density at radius 3 is 2.62 bits per heavy atom. The zero-order valence-electron chi connectivity index (χ0n) is 16.8. The molecular weight excluding hydrogens is 415 g/mol. The average Bonchev–Trinajstić information content (AvgIpc) is 2.64. The lowest BCUT2D eigenvalue weighted by Gasteiger charge is -2.31. The molecule has 1 aromatic rings. The summed E-state index contributed by atoms with van der Waals surface area (Å²) < 4.78 is 5.32. The number of amides is 2. The molecule has 0 bridgehead atoms. The second-order valence-corrected chi connectivity index (χ2v) is 7.38. The molecule has 0 aliphatic carbocycles. The monoisotopic (exact) mass is 446 g/mol. The van der Waals surface area contributed by atoms with Crippen LogP contribution in [0.4, 0.5) is 5.69 Å². The molecule has 2 heterocycles. The van der Waals surface area contributed by atoms with Gasteiger partial charge in [-0.05, 0) is 36.7 Å². The van der Waals surface area contributed by atoms with Crippen LogP contribution in [-0.4, -0.2) is 62.7 Å². The minimum atomic E-state index is 0. The van der Waals surface area contributed by atoms with Crippen LogP contribution in [0.2, 0.25) is 0 Å². The van der Waals surface area contributed by atoms with E-state index in [9.17, 15) is 9.59 Å². The molecule has 0 spiro atoms. The highest BCUT2D eigenvalue weighted by atomic mass is 35.5. The maximum Gasteiger partial charge on any atom is 0.225 e. The highest BCUT2D eigenvalue weighted by Gasteiger charge is 2.28. The lowest BCUT2D eigenvalue weighted by atomic mass is 9.88. The number of anilines is 1. The number of halogens is 2. The molecule has 3 N–H and O–H groups in total. The van der Waals surface area contributed by atoms with E-state index in [0.29, 0.717) is 18.9 Å². The highest BCUT2D eigenvalue weighted by Crippen LogP contribution is 2.16. The van der Waals surface area contributed by atoms with Gasteiger partial charge in [0, 0.05) is 44.2 Å². The second kappa shape index (κ2) is 13.0. The summed E-state index contributed by atoms with van der Waals surface area (Å²) in [5.41, 5.74) is 1.75. The summed E-state index contributed by atoms with van der Waals surface area (Å²) in [7, 11) is 0. The van der Waals surface area contributed by atoms with Crippen LogP contribution in [0.15, 0.2) is 24.3 Å². The average molecular weight is 447 g/mol. The van der Waals surface area contributed by atoms with Crippen molar-refractivity contribution in [2.24, 2.45) is 11.8 Å². The highest BCUT2D eigenvalue weighted by molar-refractivity contribution is 5.90. The van der Waals surface area contributed by atoms with Gasteiger partial charge in [0.25, 0.3) is 0 Å². The fourth-order valence-corrected chi connectivity index (χ4v) is 3.30. The molecule has 1 aromatic carbocycles. The molecular formula is C20H32Cl2N4O3. The summed E-state index contributed by atoms with van der Waals surface area (Å²) in [6, 6.07) is 7.65. The van der Waals surface area contributed by atoms with E-state index in [0.717, 1.165) is 57.2 Å². The van der Waals surface area contributed by atoms with E-state index in [1.165, 1.54) is 0 Å². The van der Waals surface area contributed by atoms with E-state index in [4.69, 9.17) is 4.74 Å². The minimum absolute atomic E-state index is 0. The molecule has 9 heteroatoms. The van der Waals surface area contributed by atoms with Crippen molar-refractivity contribution in [3.05, 3.63) is 29.8 Å². The maximum atomic E-state index is 12.2. The minimum Gasteiger partial charge on any atom is -0.379 e. The normalized spacial score (nSPS) is 17.8. The maximum absolute atomic E-state index is 12.2. The van der Waals surface area contributed by atoms with Crippen LogP contribution in [0.1, 0.15) is 18.9 Å². The molecule has 2 saturated heterocycles. The molecule has 1 unspecified atom stereocenters. The molecule has 2 aliphatic heterocycles. The summed E-state index contributed by atoms with van der Waals surface area (Å²) in [6.07, 6.45) is 0.466. The van der Waals surface area contributed by atoms with Gasteiger partial charge < -0.3 is 20.7 Å². The van der Waals surface area contributed by atoms with Gasteiger partial charge in [0.2, 0.25) is 11.8 Å². The van der Waals surface area contributed by atoms with Gasteiger partial charge in [0.1, 0.15) is 0 Å². The third-order valence-electron chi connectivity index (χ3n) is 5.37. The van der Waals surface area contributed by atoms with Gasteiger partial charge in [-0.1, -0.05) is 19.1 Å². The van der Waals surface area contributed by atoms with Gasteiger partial charge >= 0.3 is 0 Å². The quantitative estimate of drug-likeness (QED) is 0.565. The van der Waals surface area contributed by atoms with Crippen LogP contribution >= 0.6 is 24.8 Å². The van der Waals surface area contributed by atoms with E-state index < -0.39 is 0 Å². The Morgan fingerprint density at radius 1 is 1.24 bits per heavy atom. The van der Waals surface area contributed by atoms with Crippen molar-refractivity contribution in [3.63, 3.8) is 0 Å². The number of hydrogen-bond donors (Lipinski definition) is 3. The smallest absolute Gasteiger partial charge is 0.225 e. The molecule has 7 nitrogen and oxygen atoms in total. The molecule has 0 aromatic heterocycles. The van der Waals surface area contributed by atoms with Crippen molar-refractivity contribution in [2.75, 3.05) is 51.3 Å². The Labute approximate surface area is 185 Å². The first-order valence-electron chi connectivity index (χ1n) is 9.79. The van der Waals surface area contributed by atoms with Crippen LogP contribution in [0.3, 0.4) is 0 Å². The third-order valence-corrected chi connectivity index (χ3v) is 5.37. The summed E-state index contributed by atoms with van der Waals surface area (Å²) in [6.45, 7) is 8.29. The topological polar surface area (TPSA) is 82.7 Å². The zero-order valence-corrected chi connectivity index (χ0v) is 18.4. The molecule has 0 radical (unpaired) electrons. The molecule has 29 heavy (non-hydrogen) atoms. The zero-order chi connectivity index (χ0) is 19.1. The molecule has 2 fully saturated rings. The number of carbonyl (C=O) groups is 2. The number of nitrogens with one attached hydrogen (secondary N) is 3. The predicted molar refractivity (Wildman–Crippen MR) is 119 cm³/mol. The molecule has 164 valence electrons. The van der Waals surface area contributed by atoms with E-state index in [1.807, 2.05) is 31.2 Å². The van der Waals surface area contributed by atoms with Crippen LogP contribution in [0.25, 0.3) is 0 Å². The van der Waals surface area contributed by atoms with Crippen molar-refractivity contribution in [2.45, 2.75) is 19.9 Å². The van der Waals surface area contributed by atoms with Crippen LogP contribution in [0.5, 0.6) is 0 Å². The first kappa shape index (κ1) is 25.7. The van der Waals surface area contributed by atoms with Crippen molar-refractivity contribution >= 4 is 42.3 Å². The predicted octanol–water partition coefficient (Wildman–Crippen LogP) is 1.66. The Morgan fingerprint density at radius 2 is 1.97 bits per heavy atom. The van der Waals surface area contributed by atoms with Gasteiger partial charge in [-0.15, -0.1) is 24.8 Å². The fourth-order valence-electron chi connectivity index (χ4n) is 3.30. The largest absolute Gasteiger partial charge is 0.379 e. The first-order chi connectivity index (χ1) is 13.1. The number of carbonyl (C=O) groups excluding carboxylic acids is 2. The van der Waals surface area contributed by atoms with Gasteiger partial charge in [-0.2, -0.15) is 0 Å². The van der Waals surface area contributed by atoms with E-state index >= 15 is 0 Å². The second-order valence-electron chi connectivity index (χ2n) is 7.38. The molecule has 3 rings (SSSR count). The van der Waals surface area contributed by atoms with Gasteiger partial charge in [-0.25, -0.2) is 0 Å². The van der Waals surface area contributed by atoms with Crippen molar-refractivity contribution in [1.29, 1.82) is 0 Å². The SMILES string of the molecule is CC(C(=O)NCc1cccc(NC(=O)CCN2CCOCC2)c1)C1CNC1.Cl.Cl. The van der Waals surface area contributed by atoms with Crippen molar-refractivity contribution in [1.82, 2.24) is 15.5 Å². The lowest BCUT2D eigenvalue weighted by Crippen LogP contribution is -2.49. The van der Waals surface area contributed by atoms with Gasteiger partial charge in [0.05, 0.1) is 13.2 Å².